The zero-order valence-electron chi connectivity index (χ0n) is 16.1. The van der Waals surface area contributed by atoms with E-state index < -0.39 is 0 Å². The molecule has 3 aromatic rings. The number of rotatable bonds is 4. The summed E-state index contributed by atoms with van der Waals surface area (Å²) in [6.07, 6.45) is 3.26. The van der Waals surface area contributed by atoms with E-state index in [4.69, 9.17) is 0 Å². The molecule has 1 aliphatic rings. The van der Waals surface area contributed by atoms with Gasteiger partial charge in [-0.05, 0) is 54.8 Å². The summed E-state index contributed by atoms with van der Waals surface area (Å²) in [7, 11) is 2.14. The lowest BCUT2D eigenvalue weighted by Gasteiger charge is -2.34. The minimum absolute atomic E-state index is 0.219. The maximum absolute atomic E-state index is 12.7. The Morgan fingerprint density at radius 2 is 1.82 bits per heavy atom. The maximum Gasteiger partial charge on any atom is 0.260 e. The number of thiophene rings is 1. The third-order valence-electron chi connectivity index (χ3n) is 5.33. The van der Waals surface area contributed by atoms with Crippen LogP contribution in [0.25, 0.3) is 16.3 Å². The van der Waals surface area contributed by atoms with Gasteiger partial charge < -0.3 is 14.8 Å². The molecule has 6 heteroatoms. The lowest BCUT2D eigenvalue weighted by Crippen LogP contribution is -2.44. The van der Waals surface area contributed by atoms with Crippen molar-refractivity contribution in [3.05, 3.63) is 68.8 Å². The Kier molecular flexibility index (Phi) is 5.15. The molecule has 1 aliphatic heterocycles. The zero-order chi connectivity index (χ0) is 19.7. The van der Waals surface area contributed by atoms with E-state index in [1.165, 1.54) is 23.1 Å². The number of benzene rings is 1. The molecule has 144 valence electrons. The average Bonchev–Trinajstić information content (AvgIpc) is 3.16. The van der Waals surface area contributed by atoms with Crippen molar-refractivity contribution in [2.75, 3.05) is 38.1 Å². The van der Waals surface area contributed by atoms with Crippen molar-refractivity contribution in [3.8, 4) is 0 Å². The molecule has 5 nitrogen and oxygen atoms in total. The van der Waals surface area contributed by atoms with Gasteiger partial charge in [0.05, 0.1) is 5.56 Å². The van der Waals surface area contributed by atoms with Crippen molar-refractivity contribution < 1.29 is 4.79 Å². The fourth-order valence-electron chi connectivity index (χ4n) is 3.58. The fraction of sp³-hybridized carbons (Fsp3) is 0.273. The van der Waals surface area contributed by atoms with E-state index in [0.29, 0.717) is 0 Å². The molecule has 0 aliphatic carbocycles. The molecule has 1 N–H and O–H groups in total. The van der Waals surface area contributed by atoms with Crippen molar-refractivity contribution in [1.29, 1.82) is 0 Å². The van der Waals surface area contributed by atoms with Crippen LogP contribution < -0.4 is 10.5 Å². The Balaban J connectivity index is 1.51. The molecule has 28 heavy (non-hydrogen) atoms. The first-order chi connectivity index (χ1) is 13.5. The second-order valence-corrected chi connectivity index (χ2v) is 8.11. The van der Waals surface area contributed by atoms with Gasteiger partial charge in [0.2, 0.25) is 0 Å². The summed E-state index contributed by atoms with van der Waals surface area (Å²) < 4.78 is 0. The molecule has 1 fully saturated rings. The minimum Gasteiger partial charge on any atom is -0.369 e. The van der Waals surface area contributed by atoms with Crippen LogP contribution in [0.15, 0.2) is 46.6 Å². The number of H-pyrrole nitrogens is 1. The summed E-state index contributed by atoms with van der Waals surface area (Å²) in [5.74, 6) is -0.269. The number of nitrogens with zero attached hydrogens (tertiary/aromatic N) is 2. The summed E-state index contributed by atoms with van der Waals surface area (Å²) in [5, 5.41) is 2.84. The van der Waals surface area contributed by atoms with Crippen LogP contribution in [0.5, 0.6) is 0 Å². The number of fused-ring (bicyclic) bond motifs is 1. The Hall–Kier alpha value is -2.70. The van der Waals surface area contributed by atoms with Crippen molar-refractivity contribution in [2.24, 2.45) is 0 Å². The molecular weight excluding hydrogens is 370 g/mol. The van der Waals surface area contributed by atoms with Crippen molar-refractivity contribution in [1.82, 2.24) is 9.88 Å². The molecule has 3 heterocycles. The Labute approximate surface area is 167 Å². The molecular formula is C22H23N3O2S. The van der Waals surface area contributed by atoms with Crippen LogP contribution in [0.4, 0.5) is 5.69 Å². The number of hydrogen-bond donors (Lipinski definition) is 1. The fourth-order valence-corrected chi connectivity index (χ4v) is 4.42. The van der Waals surface area contributed by atoms with Crippen LogP contribution in [-0.2, 0) is 0 Å². The molecule has 1 aromatic carbocycles. The van der Waals surface area contributed by atoms with E-state index in [0.717, 1.165) is 47.5 Å². The first-order valence-electron chi connectivity index (χ1n) is 9.39. The SMILES string of the molecule is Cc1c(C(=O)/C=C/c2ccc(N3CCN(C)CC3)cc2)c(=O)[nH]c2sccc12. The molecule has 0 saturated carbocycles. The zero-order valence-corrected chi connectivity index (χ0v) is 16.9. The Morgan fingerprint density at radius 3 is 2.54 bits per heavy atom. The monoisotopic (exact) mass is 393 g/mol. The molecule has 0 unspecified atom stereocenters. The minimum atomic E-state index is -0.326. The number of aryl methyl sites for hydroxylation is 1. The van der Waals surface area contributed by atoms with Gasteiger partial charge in [-0.25, -0.2) is 0 Å². The van der Waals surface area contributed by atoms with Gasteiger partial charge in [-0.15, -0.1) is 11.3 Å². The number of piperazine rings is 1. The van der Waals surface area contributed by atoms with Crippen LogP contribution in [0.2, 0.25) is 0 Å². The summed E-state index contributed by atoms with van der Waals surface area (Å²) >= 11 is 1.47. The molecule has 0 spiro atoms. The highest BCUT2D eigenvalue weighted by atomic mass is 32.1. The number of hydrogen-bond acceptors (Lipinski definition) is 5. The quantitative estimate of drug-likeness (QED) is 0.544. The van der Waals surface area contributed by atoms with Crippen molar-refractivity contribution in [2.45, 2.75) is 6.92 Å². The largest absolute Gasteiger partial charge is 0.369 e. The van der Waals surface area contributed by atoms with Crippen LogP contribution in [0, 0.1) is 6.92 Å². The Morgan fingerprint density at radius 1 is 1.11 bits per heavy atom. The molecule has 0 amide bonds. The first kappa shape index (κ1) is 18.7. The van der Waals surface area contributed by atoms with E-state index in [1.807, 2.05) is 30.5 Å². The lowest BCUT2D eigenvalue weighted by atomic mass is 10.0. The number of anilines is 1. The number of aromatic amines is 1. The summed E-state index contributed by atoms with van der Waals surface area (Å²) in [4.78, 5) is 33.3. The van der Waals surface area contributed by atoms with E-state index in [1.54, 1.807) is 6.08 Å². The van der Waals surface area contributed by atoms with Gasteiger partial charge >= 0.3 is 0 Å². The lowest BCUT2D eigenvalue weighted by molar-refractivity contribution is 0.104. The predicted octanol–water partition coefficient (Wildman–Crippen LogP) is 3.55. The van der Waals surface area contributed by atoms with E-state index in [-0.39, 0.29) is 16.9 Å². The number of aromatic nitrogens is 1. The van der Waals surface area contributed by atoms with E-state index in [9.17, 15) is 9.59 Å². The van der Waals surface area contributed by atoms with Gasteiger partial charge in [0.25, 0.3) is 5.56 Å². The van der Waals surface area contributed by atoms with Gasteiger partial charge in [-0.1, -0.05) is 18.2 Å². The molecule has 1 saturated heterocycles. The van der Waals surface area contributed by atoms with Gasteiger partial charge in [0.15, 0.2) is 5.78 Å². The predicted molar refractivity (Wildman–Crippen MR) is 117 cm³/mol. The number of allylic oxidation sites excluding steroid dienone is 1. The van der Waals surface area contributed by atoms with E-state index >= 15 is 0 Å². The van der Waals surface area contributed by atoms with Gasteiger partial charge in [-0.2, -0.15) is 0 Å². The first-order valence-corrected chi connectivity index (χ1v) is 10.3. The number of pyridine rings is 1. The highest BCUT2D eigenvalue weighted by Gasteiger charge is 2.16. The smallest absolute Gasteiger partial charge is 0.260 e. The molecule has 0 atom stereocenters. The van der Waals surface area contributed by atoms with E-state index in [2.05, 4.69) is 34.0 Å². The summed E-state index contributed by atoms with van der Waals surface area (Å²) in [6.45, 7) is 6.02. The highest BCUT2D eigenvalue weighted by molar-refractivity contribution is 7.16. The van der Waals surface area contributed by atoms with Crippen LogP contribution >= 0.6 is 11.3 Å². The maximum atomic E-state index is 12.7. The van der Waals surface area contributed by atoms with Crippen molar-refractivity contribution in [3.63, 3.8) is 0 Å². The van der Waals surface area contributed by atoms with Gasteiger partial charge in [0, 0.05) is 37.3 Å². The third-order valence-corrected chi connectivity index (χ3v) is 6.16. The molecule has 4 rings (SSSR count). The number of carbonyl (C=O) groups is 1. The molecule has 2 aromatic heterocycles. The van der Waals surface area contributed by atoms with Crippen LogP contribution in [0.1, 0.15) is 21.5 Å². The number of carbonyl (C=O) groups excluding carboxylic acids is 1. The summed E-state index contributed by atoms with van der Waals surface area (Å²) in [5.41, 5.74) is 2.77. The Bertz CT molecular complexity index is 1090. The topological polar surface area (TPSA) is 56.4 Å². The number of ketones is 1. The number of nitrogens with one attached hydrogen (secondary N) is 1. The highest BCUT2D eigenvalue weighted by Crippen LogP contribution is 2.23. The second-order valence-electron chi connectivity index (χ2n) is 7.20. The number of likely N-dealkylation sites (N-methyl/N-ethyl adjacent to an activating group) is 1. The normalized spacial score (nSPS) is 15.6. The average molecular weight is 394 g/mol. The second kappa shape index (κ2) is 7.73. The van der Waals surface area contributed by atoms with Crippen LogP contribution in [-0.4, -0.2) is 48.9 Å². The molecule has 0 bridgehead atoms. The van der Waals surface area contributed by atoms with Crippen molar-refractivity contribution >= 4 is 39.1 Å². The third kappa shape index (κ3) is 3.66. The van der Waals surface area contributed by atoms with Crippen LogP contribution in [0.3, 0.4) is 0 Å². The molecule has 0 radical (unpaired) electrons. The summed E-state index contributed by atoms with van der Waals surface area (Å²) in [6, 6.07) is 10.1. The van der Waals surface area contributed by atoms with Gasteiger partial charge in [-0.3, -0.25) is 9.59 Å². The van der Waals surface area contributed by atoms with Gasteiger partial charge in [0.1, 0.15) is 4.83 Å². The standard InChI is InChI=1S/C22H23N3O2S/c1-15-18-9-14-28-22(18)23-21(27)20(15)19(26)8-5-16-3-6-17(7-4-16)25-12-10-24(2)11-13-25/h3-9,14H,10-13H2,1-2H3,(H,23,27)/b8-5+.